The van der Waals surface area contributed by atoms with Crippen LogP contribution in [0.1, 0.15) is 48.9 Å². The molecule has 4 rings (SSSR count). The Morgan fingerprint density at radius 1 is 0.857 bits per heavy atom. The number of piperidine rings is 1. The zero-order valence-electron chi connectivity index (χ0n) is 16.3. The van der Waals surface area contributed by atoms with Crippen molar-refractivity contribution in [3.63, 3.8) is 0 Å². The van der Waals surface area contributed by atoms with Crippen molar-refractivity contribution in [1.82, 2.24) is 10.2 Å². The number of likely N-dealkylation sites (tertiary alicyclic amines) is 1. The third kappa shape index (κ3) is 4.80. The summed E-state index contributed by atoms with van der Waals surface area (Å²) in [5.74, 6) is 0.860. The number of amides is 2. The third-order valence-corrected chi connectivity index (χ3v) is 5.86. The van der Waals surface area contributed by atoms with Crippen LogP contribution in [-0.4, -0.2) is 35.8 Å². The maximum atomic E-state index is 12.8. The van der Waals surface area contributed by atoms with Gasteiger partial charge in [0, 0.05) is 31.1 Å². The van der Waals surface area contributed by atoms with Gasteiger partial charge in [0.1, 0.15) is 0 Å². The highest BCUT2D eigenvalue weighted by atomic mass is 16.2. The lowest BCUT2D eigenvalue weighted by molar-refractivity contribution is -0.121. The van der Waals surface area contributed by atoms with Crippen LogP contribution in [0.25, 0.3) is 11.1 Å². The Hall–Kier alpha value is -2.62. The molecule has 2 fully saturated rings. The first-order chi connectivity index (χ1) is 13.7. The molecule has 0 radical (unpaired) electrons. The highest BCUT2D eigenvalue weighted by molar-refractivity contribution is 5.94. The van der Waals surface area contributed by atoms with Gasteiger partial charge in [0.2, 0.25) is 5.91 Å². The normalized spacial score (nSPS) is 17.4. The molecular formula is C24H28N2O2. The molecule has 0 aromatic heterocycles. The maximum Gasteiger partial charge on any atom is 0.253 e. The third-order valence-electron chi connectivity index (χ3n) is 5.86. The molecule has 1 aliphatic heterocycles. The molecule has 2 aliphatic rings. The Morgan fingerprint density at radius 3 is 2.14 bits per heavy atom. The molecule has 1 heterocycles. The number of carbonyl (C=O) groups excluding carboxylic acids is 2. The topological polar surface area (TPSA) is 49.4 Å². The van der Waals surface area contributed by atoms with Crippen molar-refractivity contribution < 1.29 is 9.59 Å². The molecule has 1 aliphatic carbocycles. The first-order valence-electron chi connectivity index (χ1n) is 10.4. The number of nitrogens with zero attached hydrogens (tertiary/aromatic N) is 1. The van der Waals surface area contributed by atoms with Crippen molar-refractivity contribution in [2.45, 2.75) is 44.6 Å². The maximum absolute atomic E-state index is 12.8. The van der Waals surface area contributed by atoms with Crippen LogP contribution < -0.4 is 5.32 Å². The number of rotatable bonds is 6. The van der Waals surface area contributed by atoms with E-state index in [1.165, 1.54) is 0 Å². The standard InChI is InChI=1S/C24H28N2O2/c27-23(25-22-11-12-22)13-6-18-14-16-26(17-15-18)24(28)21-9-7-20(8-10-21)19-4-2-1-3-5-19/h1-5,7-10,18,22H,6,11-17H2,(H,25,27). The van der Waals surface area contributed by atoms with E-state index in [0.29, 0.717) is 18.4 Å². The summed E-state index contributed by atoms with van der Waals surface area (Å²) in [4.78, 5) is 26.6. The molecule has 2 amide bonds. The van der Waals surface area contributed by atoms with Crippen LogP contribution in [0.4, 0.5) is 0 Å². The van der Waals surface area contributed by atoms with Crippen LogP contribution in [-0.2, 0) is 4.79 Å². The van der Waals surface area contributed by atoms with E-state index in [9.17, 15) is 9.59 Å². The molecule has 4 nitrogen and oxygen atoms in total. The molecule has 0 bridgehead atoms. The van der Waals surface area contributed by atoms with Gasteiger partial charge in [-0.25, -0.2) is 0 Å². The lowest BCUT2D eigenvalue weighted by Crippen LogP contribution is -2.38. The fraction of sp³-hybridized carbons (Fsp3) is 0.417. The fourth-order valence-corrected chi connectivity index (χ4v) is 3.91. The largest absolute Gasteiger partial charge is 0.353 e. The molecule has 1 N–H and O–H groups in total. The van der Waals surface area contributed by atoms with E-state index in [4.69, 9.17) is 0 Å². The van der Waals surface area contributed by atoms with Crippen LogP contribution >= 0.6 is 0 Å². The van der Waals surface area contributed by atoms with E-state index < -0.39 is 0 Å². The highest BCUT2D eigenvalue weighted by Gasteiger charge is 2.26. The van der Waals surface area contributed by atoms with E-state index in [1.807, 2.05) is 47.4 Å². The summed E-state index contributed by atoms with van der Waals surface area (Å²) >= 11 is 0. The summed E-state index contributed by atoms with van der Waals surface area (Å²) in [6.45, 7) is 1.57. The summed E-state index contributed by atoms with van der Waals surface area (Å²) < 4.78 is 0. The molecular weight excluding hydrogens is 348 g/mol. The second-order valence-electron chi connectivity index (χ2n) is 8.06. The summed E-state index contributed by atoms with van der Waals surface area (Å²) in [7, 11) is 0. The molecule has 4 heteroatoms. The number of benzene rings is 2. The van der Waals surface area contributed by atoms with Crippen molar-refractivity contribution in [1.29, 1.82) is 0 Å². The van der Waals surface area contributed by atoms with E-state index in [0.717, 1.165) is 61.9 Å². The predicted octanol–water partition coefficient (Wildman–Crippen LogP) is 4.26. The first-order valence-corrected chi connectivity index (χ1v) is 10.4. The lowest BCUT2D eigenvalue weighted by atomic mass is 9.91. The van der Waals surface area contributed by atoms with Gasteiger partial charge in [-0.15, -0.1) is 0 Å². The minimum absolute atomic E-state index is 0.115. The van der Waals surface area contributed by atoms with Gasteiger partial charge in [-0.2, -0.15) is 0 Å². The average molecular weight is 377 g/mol. The van der Waals surface area contributed by atoms with Crippen LogP contribution in [0.2, 0.25) is 0 Å². The molecule has 28 heavy (non-hydrogen) atoms. The van der Waals surface area contributed by atoms with E-state index in [-0.39, 0.29) is 11.8 Å². The molecule has 2 aromatic rings. The molecule has 1 saturated carbocycles. The lowest BCUT2D eigenvalue weighted by Gasteiger charge is -2.32. The van der Waals surface area contributed by atoms with E-state index in [2.05, 4.69) is 17.4 Å². The molecule has 0 atom stereocenters. The van der Waals surface area contributed by atoms with Crippen molar-refractivity contribution in [3.8, 4) is 11.1 Å². The number of hydrogen-bond donors (Lipinski definition) is 1. The summed E-state index contributed by atoms with van der Waals surface area (Å²) in [6, 6.07) is 18.5. The Kier molecular flexibility index (Phi) is 5.75. The van der Waals surface area contributed by atoms with Gasteiger partial charge in [-0.05, 0) is 61.3 Å². The predicted molar refractivity (Wildman–Crippen MR) is 111 cm³/mol. The zero-order chi connectivity index (χ0) is 19.3. The second kappa shape index (κ2) is 8.59. The van der Waals surface area contributed by atoms with Gasteiger partial charge in [0.25, 0.3) is 5.91 Å². The summed E-state index contributed by atoms with van der Waals surface area (Å²) in [5.41, 5.74) is 3.04. The number of carbonyl (C=O) groups is 2. The van der Waals surface area contributed by atoms with Crippen LogP contribution in [0.3, 0.4) is 0 Å². The molecule has 2 aromatic carbocycles. The van der Waals surface area contributed by atoms with Gasteiger partial charge in [0.05, 0.1) is 0 Å². The Morgan fingerprint density at radius 2 is 1.50 bits per heavy atom. The Bertz CT molecular complexity index is 804. The van der Waals surface area contributed by atoms with Gasteiger partial charge < -0.3 is 10.2 Å². The summed E-state index contributed by atoms with van der Waals surface area (Å²) in [5, 5.41) is 3.05. The summed E-state index contributed by atoms with van der Waals surface area (Å²) in [6.07, 6.45) is 5.81. The molecule has 1 saturated heterocycles. The van der Waals surface area contributed by atoms with Crippen molar-refractivity contribution in [2.24, 2.45) is 5.92 Å². The van der Waals surface area contributed by atoms with Gasteiger partial charge >= 0.3 is 0 Å². The second-order valence-corrected chi connectivity index (χ2v) is 8.06. The number of hydrogen-bond acceptors (Lipinski definition) is 2. The van der Waals surface area contributed by atoms with Gasteiger partial charge in [-0.3, -0.25) is 9.59 Å². The molecule has 0 spiro atoms. The fourth-order valence-electron chi connectivity index (χ4n) is 3.91. The van der Waals surface area contributed by atoms with E-state index in [1.54, 1.807) is 0 Å². The average Bonchev–Trinajstić information content (AvgIpc) is 3.57. The molecule has 0 unspecified atom stereocenters. The van der Waals surface area contributed by atoms with Crippen molar-refractivity contribution >= 4 is 11.8 Å². The van der Waals surface area contributed by atoms with E-state index >= 15 is 0 Å². The van der Waals surface area contributed by atoms with Crippen molar-refractivity contribution in [3.05, 3.63) is 60.2 Å². The SMILES string of the molecule is O=C(CCC1CCN(C(=O)c2ccc(-c3ccccc3)cc2)CC1)NC1CC1. The Balaban J connectivity index is 1.26. The zero-order valence-corrected chi connectivity index (χ0v) is 16.3. The Labute approximate surface area is 166 Å². The first kappa shape index (κ1) is 18.7. The van der Waals surface area contributed by atoms with Crippen molar-refractivity contribution in [2.75, 3.05) is 13.1 Å². The molecule has 146 valence electrons. The quantitative estimate of drug-likeness (QED) is 0.819. The number of nitrogens with one attached hydrogen (secondary N) is 1. The smallest absolute Gasteiger partial charge is 0.253 e. The minimum atomic E-state index is 0.115. The van der Waals surface area contributed by atoms with Crippen LogP contribution in [0.5, 0.6) is 0 Å². The minimum Gasteiger partial charge on any atom is -0.353 e. The van der Waals surface area contributed by atoms with Gasteiger partial charge in [-0.1, -0.05) is 42.5 Å². The van der Waals surface area contributed by atoms with Crippen LogP contribution in [0.15, 0.2) is 54.6 Å². The highest BCUT2D eigenvalue weighted by Crippen LogP contribution is 2.25. The monoisotopic (exact) mass is 376 g/mol. The van der Waals surface area contributed by atoms with Gasteiger partial charge in [0.15, 0.2) is 0 Å². The van der Waals surface area contributed by atoms with Crippen LogP contribution in [0, 0.1) is 5.92 Å².